The molecule has 9 nitrogen and oxygen atoms in total. The van der Waals surface area contributed by atoms with Crippen LogP contribution >= 0.6 is 0 Å². The molecular formula is C21H21N3O6S. The first-order chi connectivity index (χ1) is 14.7. The summed E-state index contributed by atoms with van der Waals surface area (Å²) in [5.41, 5.74) is 1.50. The second kappa shape index (κ2) is 9.00. The van der Waals surface area contributed by atoms with Gasteiger partial charge in [0, 0.05) is 13.1 Å². The lowest BCUT2D eigenvalue weighted by Gasteiger charge is -2.19. The van der Waals surface area contributed by atoms with Crippen LogP contribution in [-0.4, -0.2) is 39.1 Å². The highest BCUT2D eigenvalue weighted by Crippen LogP contribution is 2.23. The normalized spacial score (nSPS) is 11.1. The molecule has 162 valence electrons. The van der Waals surface area contributed by atoms with E-state index in [4.69, 9.17) is 9.26 Å². The minimum absolute atomic E-state index is 0.164. The maximum Gasteiger partial charge on any atom is 0.338 e. The van der Waals surface area contributed by atoms with Crippen LogP contribution in [0.1, 0.15) is 21.7 Å². The van der Waals surface area contributed by atoms with Crippen molar-refractivity contribution < 1.29 is 27.3 Å². The van der Waals surface area contributed by atoms with E-state index < -0.39 is 28.5 Å². The lowest BCUT2D eigenvalue weighted by molar-refractivity contribution is -0.119. The van der Waals surface area contributed by atoms with Crippen molar-refractivity contribution in [2.24, 2.45) is 0 Å². The number of ether oxygens (including phenoxy) is 1. The standard InChI is InChI=1S/C21H21N3O6S/c1-14-4-10-18(11-5-14)31(27,28)24(3)17-8-6-16(7-9-17)21(26)29-13-20(25)22-19-12-15(2)30-23-19/h4-12H,13H2,1-3H3,(H,22,23,25). The van der Waals surface area contributed by atoms with Crippen LogP contribution in [0.2, 0.25) is 0 Å². The Morgan fingerprint density at radius 1 is 1.06 bits per heavy atom. The van der Waals surface area contributed by atoms with Gasteiger partial charge in [-0.1, -0.05) is 22.9 Å². The topological polar surface area (TPSA) is 119 Å². The van der Waals surface area contributed by atoms with E-state index in [0.29, 0.717) is 11.4 Å². The molecule has 1 amide bonds. The van der Waals surface area contributed by atoms with Crippen molar-refractivity contribution in [3.8, 4) is 0 Å². The molecule has 10 heteroatoms. The molecular weight excluding hydrogens is 422 g/mol. The van der Waals surface area contributed by atoms with Gasteiger partial charge in [0.1, 0.15) is 5.76 Å². The number of rotatable bonds is 7. The fourth-order valence-corrected chi connectivity index (χ4v) is 3.83. The minimum Gasteiger partial charge on any atom is -0.452 e. The monoisotopic (exact) mass is 443 g/mol. The number of sulfonamides is 1. The Hall–Kier alpha value is -3.66. The molecule has 1 N–H and O–H groups in total. The SMILES string of the molecule is Cc1ccc(S(=O)(=O)N(C)c2ccc(C(=O)OCC(=O)Nc3cc(C)on3)cc2)cc1. The van der Waals surface area contributed by atoms with Crippen molar-refractivity contribution in [1.82, 2.24) is 5.16 Å². The summed E-state index contributed by atoms with van der Waals surface area (Å²) in [6, 6.07) is 13.9. The Labute approximate surface area is 179 Å². The maximum atomic E-state index is 12.8. The third kappa shape index (κ3) is 5.28. The van der Waals surface area contributed by atoms with Crippen molar-refractivity contribution in [1.29, 1.82) is 0 Å². The maximum absolute atomic E-state index is 12.8. The zero-order chi connectivity index (χ0) is 22.6. The summed E-state index contributed by atoms with van der Waals surface area (Å²) in [6.07, 6.45) is 0. The zero-order valence-electron chi connectivity index (χ0n) is 17.2. The van der Waals surface area contributed by atoms with Crippen LogP contribution in [-0.2, 0) is 19.6 Å². The highest BCUT2D eigenvalue weighted by atomic mass is 32.2. The molecule has 3 rings (SSSR count). The van der Waals surface area contributed by atoms with Gasteiger partial charge < -0.3 is 14.6 Å². The third-order valence-electron chi connectivity index (χ3n) is 4.38. The van der Waals surface area contributed by atoms with Crippen molar-refractivity contribution >= 4 is 33.4 Å². The quantitative estimate of drug-likeness (QED) is 0.558. The summed E-state index contributed by atoms with van der Waals surface area (Å²) in [6.45, 7) is 3.04. The Morgan fingerprint density at radius 3 is 2.29 bits per heavy atom. The van der Waals surface area contributed by atoms with Gasteiger partial charge in [-0.25, -0.2) is 13.2 Å². The summed E-state index contributed by atoms with van der Waals surface area (Å²) in [7, 11) is -2.31. The number of hydrogen-bond acceptors (Lipinski definition) is 7. The number of nitrogens with zero attached hydrogens (tertiary/aromatic N) is 2. The number of nitrogens with one attached hydrogen (secondary N) is 1. The average molecular weight is 443 g/mol. The molecule has 0 bridgehead atoms. The van der Waals surface area contributed by atoms with Crippen LogP contribution in [0.5, 0.6) is 0 Å². The van der Waals surface area contributed by atoms with Gasteiger partial charge in [0.05, 0.1) is 16.1 Å². The first kappa shape index (κ1) is 22.0. The average Bonchev–Trinajstić information content (AvgIpc) is 3.16. The Bertz CT molecular complexity index is 1180. The molecule has 0 saturated heterocycles. The summed E-state index contributed by atoms with van der Waals surface area (Å²) in [5, 5.41) is 6.05. The van der Waals surface area contributed by atoms with E-state index >= 15 is 0 Å². The van der Waals surface area contributed by atoms with E-state index in [1.807, 2.05) is 6.92 Å². The van der Waals surface area contributed by atoms with Crippen LogP contribution in [0.25, 0.3) is 0 Å². The van der Waals surface area contributed by atoms with Gasteiger partial charge in [0.15, 0.2) is 12.4 Å². The molecule has 3 aromatic rings. The number of aromatic nitrogens is 1. The van der Waals surface area contributed by atoms with Crippen molar-refractivity contribution in [3.63, 3.8) is 0 Å². The van der Waals surface area contributed by atoms with Crippen LogP contribution in [0, 0.1) is 13.8 Å². The molecule has 31 heavy (non-hydrogen) atoms. The van der Waals surface area contributed by atoms with E-state index in [2.05, 4.69) is 10.5 Å². The van der Waals surface area contributed by atoms with Gasteiger partial charge in [-0.15, -0.1) is 0 Å². The molecule has 0 atom stereocenters. The van der Waals surface area contributed by atoms with Gasteiger partial charge in [-0.05, 0) is 50.2 Å². The van der Waals surface area contributed by atoms with Crippen molar-refractivity contribution in [2.45, 2.75) is 18.7 Å². The fourth-order valence-electron chi connectivity index (χ4n) is 2.63. The molecule has 2 aromatic carbocycles. The zero-order valence-corrected chi connectivity index (χ0v) is 18.0. The summed E-state index contributed by atoms with van der Waals surface area (Å²) >= 11 is 0. The number of benzene rings is 2. The Balaban J connectivity index is 1.61. The molecule has 0 aliphatic rings. The summed E-state index contributed by atoms with van der Waals surface area (Å²) in [4.78, 5) is 24.2. The Morgan fingerprint density at radius 2 is 1.71 bits per heavy atom. The molecule has 0 unspecified atom stereocenters. The Kier molecular flexibility index (Phi) is 6.40. The largest absolute Gasteiger partial charge is 0.452 e. The highest BCUT2D eigenvalue weighted by Gasteiger charge is 2.21. The lowest BCUT2D eigenvalue weighted by atomic mass is 10.2. The first-order valence-electron chi connectivity index (χ1n) is 9.23. The fraction of sp³-hybridized carbons (Fsp3) is 0.190. The van der Waals surface area contributed by atoms with Gasteiger partial charge in [-0.3, -0.25) is 9.10 Å². The molecule has 1 aromatic heterocycles. The van der Waals surface area contributed by atoms with Crippen molar-refractivity contribution in [3.05, 3.63) is 71.5 Å². The summed E-state index contributed by atoms with van der Waals surface area (Å²) in [5.74, 6) is -0.535. The van der Waals surface area contributed by atoms with E-state index in [0.717, 1.165) is 9.87 Å². The van der Waals surface area contributed by atoms with Crippen LogP contribution in [0.3, 0.4) is 0 Å². The van der Waals surface area contributed by atoms with Crippen LogP contribution in [0.15, 0.2) is 64.0 Å². The highest BCUT2D eigenvalue weighted by molar-refractivity contribution is 7.92. The predicted molar refractivity (Wildman–Crippen MR) is 113 cm³/mol. The second-order valence-corrected chi connectivity index (χ2v) is 8.75. The number of esters is 1. The number of carbonyl (C=O) groups excluding carboxylic acids is 2. The molecule has 0 fully saturated rings. The third-order valence-corrected chi connectivity index (χ3v) is 6.18. The van der Waals surface area contributed by atoms with Gasteiger partial charge in [0.25, 0.3) is 15.9 Å². The predicted octanol–water partition coefficient (Wildman–Crippen LogP) is 2.91. The van der Waals surface area contributed by atoms with Crippen LogP contribution in [0.4, 0.5) is 11.5 Å². The molecule has 1 heterocycles. The molecule has 0 saturated carbocycles. The second-order valence-electron chi connectivity index (χ2n) is 6.78. The van der Waals surface area contributed by atoms with Gasteiger partial charge in [0.2, 0.25) is 0 Å². The first-order valence-corrected chi connectivity index (χ1v) is 10.7. The minimum atomic E-state index is -3.74. The van der Waals surface area contributed by atoms with Crippen LogP contribution < -0.4 is 9.62 Å². The smallest absolute Gasteiger partial charge is 0.338 e. The molecule has 0 spiro atoms. The number of amides is 1. The number of hydrogen-bond donors (Lipinski definition) is 1. The number of carbonyl (C=O) groups is 2. The molecule has 0 aliphatic carbocycles. The number of aryl methyl sites for hydroxylation is 2. The summed E-state index contributed by atoms with van der Waals surface area (Å²) < 4.78 is 36.5. The molecule has 0 aliphatic heterocycles. The van der Waals surface area contributed by atoms with E-state index in [1.54, 1.807) is 19.1 Å². The van der Waals surface area contributed by atoms with E-state index in [1.165, 1.54) is 49.5 Å². The van der Waals surface area contributed by atoms with E-state index in [-0.39, 0.29) is 16.3 Å². The lowest BCUT2D eigenvalue weighted by Crippen LogP contribution is -2.26. The van der Waals surface area contributed by atoms with E-state index in [9.17, 15) is 18.0 Å². The van der Waals surface area contributed by atoms with Gasteiger partial charge >= 0.3 is 5.97 Å². The van der Waals surface area contributed by atoms with Gasteiger partial charge in [-0.2, -0.15) is 0 Å². The number of anilines is 2. The molecule has 0 radical (unpaired) electrons. The van der Waals surface area contributed by atoms with Crippen molar-refractivity contribution in [2.75, 3.05) is 23.3 Å².